The Labute approximate surface area is 117 Å². The molecule has 19 heavy (non-hydrogen) atoms. The molecule has 6 nitrogen and oxygen atoms in total. The van der Waals surface area contributed by atoms with Gasteiger partial charge in [-0.3, -0.25) is 9.52 Å². The van der Waals surface area contributed by atoms with E-state index in [1.807, 2.05) is 0 Å². The lowest BCUT2D eigenvalue weighted by Crippen LogP contribution is -2.21. The van der Waals surface area contributed by atoms with Gasteiger partial charge in [0.2, 0.25) is 10.0 Å². The Hall–Kier alpha value is -1.67. The third-order valence-electron chi connectivity index (χ3n) is 2.26. The smallest absolute Gasteiger partial charge is 0.306 e. The molecule has 0 fully saturated rings. The van der Waals surface area contributed by atoms with Gasteiger partial charge in [-0.2, -0.15) is 0 Å². The van der Waals surface area contributed by atoms with Crippen molar-refractivity contribution in [1.82, 2.24) is 0 Å². The molecule has 104 valence electrons. The second kappa shape index (κ2) is 6.48. The van der Waals surface area contributed by atoms with Gasteiger partial charge in [0.05, 0.1) is 25.0 Å². The average molecular weight is 302 g/mol. The maximum Gasteiger partial charge on any atom is 0.306 e. The van der Waals surface area contributed by atoms with Crippen LogP contribution < -0.4 is 10.5 Å². The molecule has 0 unspecified atom stereocenters. The van der Waals surface area contributed by atoms with E-state index in [9.17, 15) is 13.2 Å². The number of para-hydroxylation sites is 1. The van der Waals surface area contributed by atoms with Crippen LogP contribution in [0.2, 0.25) is 0 Å². The van der Waals surface area contributed by atoms with Crippen LogP contribution in [-0.2, 0) is 19.6 Å². The van der Waals surface area contributed by atoms with Gasteiger partial charge in [0.1, 0.15) is 4.99 Å². The molecule has 0 aliphatic carbocycles. The molecule has 0 aliphatic heterocycles. The lowest BCUT2D eigenvalue weighted by atomic mass is 10.2. The number of carbonyl (C=O) groups is 1. The van der Waals surface area contributed by atoms with E-state index in [1.165, 1.54) is 7.11 Å². The molecule has 3 N–H and O–H groups in total. The molecule has 0 amide bonds. The Balaban J connectivity index is 2.84. The van der Waals surface area contributed by atoms with Gasteiger partial charge in [-0.1, -0.05) is 24.4 Å². The number of hydrogen-bond donors (Lipinski definition) is 2. The Morgan fingerprint density at radius 2 is 2.05 bits per heavy atom. The number of ether oxygens (including phenoxy) is 1. The van der Waals surface area contributed by atoms with E-state index in [1.54, 1.807) is 24.3 Å². The highest BCUT2D eigenvalue weighted by Gasteiger charge is 2.15. The number of carbonyl (C=O) groups excluding carboxylic acids is 1. The number of nitrogens with one attached hydrogen (secondary N) is 1. The molecule has 0 heterocycles. The summed E-state index contributed by atoms with van der Waals surface area (Å²) in [5.74, 6) is -0.960. The first-order valence-corrected chi connectivity index (χ1v) is 7.38. The van der Waals surface area contributed by atoms with Gasteiger partial charge >= 0.3 is 5.97 Å². The number of hydrogen-bond acceptors (Lipinski definition) is 5. The van der Waals surface area contributed by atoms with Crippen LogP contribution in [-0.4, -0.2) is 32.2 Å². The Morgan fingerprint density at radius 1 is 1.42 bits per heavy atom. The van der Waals surface area contributed by atoms with Crippen molar-refractivity contribution in [3.63, 3.8) is 0 Å². The summed E-state index contributed by atoms with van der Waals surface area (Å²) in [4.78, 5) is 11.0. The maximum atomic E-state index is 11.8. The Kier molecular flexibility index (Phi) is 5.25. The molecule has 0 saturated carbocycles. The van der Waals surface area contributed by atoms with Crippen LogP contribution in [0.25, 0.3) is 0 Å². The standard InChI is InChI=1S/C11H14N2O4S2/c1-17-10(14)6-7-19(15,16)13-9-5-3-2-4-8(9)11(12)18/h2-5,13H,6-7H2,1H3,(H2,12,18). The van der Waals surface area contributed by atoms with Gasteiger partial charge in [0, 0.05) is 5.56 Å². The number of nitrogens with two attached hydrogens (primary N) is 1. The largest absolute Gasteiger partial charge is 0.469 e. The zero-order chi connectivity index (χ0) is 14.5. The molecule has 1 rings (SSSR count). The first kappa shape index (κ1) is 15.4. The average Bonchev–Trinajstić information content (AvgIpc) is 2.36. The quantitative estimate of drug-likeness (QED) is 0.590. The second-order valence-electron chi connectivity index (χ2n) is 3.66. The predicted molar refractivity (Wildman–Crippen MR) is 76.4 cm³/mol. The first-order chi connectivity index (χ1) is 8.85. The number of benzene rings is 1. The highest BCUT2D eigenvalue weighted by molar-refractivity contribution is 7.92. The fourth-order valence-electron chi connectivity index (χ4n) is 1.33. The van der Waals surface area contributed by atoms with Crippen molar-refractivity contribution < 1.29 is 17.9 Å². The third kappa shape index (κ3) is 4.84. The van der Waals surface area contributed by atoms with Crippen molar-refractivity contribution in [3.05, 3.63) is 29.8 Å². The zero-order valence-corrected chi connectivity index (χ0v) is 11.9. The molecule has 1 aromatic rings. The van der Waals surface area contributed by atoms with Gasteiger partial charge in [-0.05, 0) is 12.1 Å². The number of rotatable bonds is 6. The zero-order valence-electron chi connectivity index (χ0n) is 10.3. The fraction of sp³-hybridized carbons (Fsp3) is 0.273. The Bertz CT molecular complexity index is 584. The minimum absolute atomic E-state index is 0.0891. The molecule has 0 atom stereocenters. The number of sulfonamides is 1. The minimum Gasteiger partial charge on any atom is -0.469 e. The van der Waals surface area contributed by atoms with Gasteiger partial charge in [0.25, 0.3) is 0 Å². The van der Waals surface area contributed by atoms with Crippen molar-refractivity contribution >= 4 is 38.9 Å². The van der Waals surface area contributed by atoms with E-state index < -0.39 is 16.0 Å². The van der Waals surface area contributed by atoms with Crippen LogP contribution in [0, 0.1) is 0 Å². The highest BCUT2D eigenvalue weighted by atomic mass is 32.2. The maximum absolute atomic E-state index is 11.8. The van der Waals surface area contributed by atoms with Crippen LogP contribution in [0.4, 0.5) is 5.69 Å². The molecule has 1 aromatic carbocycles. The number of anilines is 1. The summed E-state index contributed by atoms with van der Waals surface area (Å²) in [6, 6.07) is 6.51. The van der Waals surface area contributed by atoms with E-state index in [0.29, 0.717) is 11.3 Å². The van der Waals surface area contributed by atoms with Crippen LogP contribution in [0.15, 0.2) is 24.3 Å². The third-order valence-corrected chi connectivity index (χ3v) is 3.75. The summed E-state index contributed by atoms with van der Waals surface area (Å²) in [5.41, 5.74) is 6.22. The summed E-state index contributed by atoms with van der Waals surface area (Å²) in [6.07, 6.45) is -0.221. The summed E-state index contributed by atoms with van der Waals surface area (Å²) >= 11 is 4.83. The topological polar surface area (TPSA) is 98.5 Å². The van der Waals surface area contributed by atoms with Gasteiger partial charge in [-0.15, -0.1) is 0 Å². The van der Waals surface area contributed by atoms with Crippen molar-refractivity contribution in [2.75, 3.05) is 17.6 Å². The number of thiocarbonyl (C=S) groups is 1. The molecular weight excluding hydrogens is 288 g/mol. The SMILES string of the molecule is COC(=O)CCS(=O)(=O)Nc1ccccc1C(N)=S. The summed E-state index contributed by atoms with van der Waals surface area (Å²) in [5, 5.41) is 0. The lowest BCUT2D eigenvalue weighted by molar-refractivity contribution is -0.140. The van der Waals surface area contributed by atoms with E-state index in [2.05, 4.69) is 9.46 Å². The molecule has 0 saturated heterocycles. The summed E-state index contributed by atoms with van der Waals surface area (Å²) < 4.78 is 30.3. The van der Waals surface area contributed by atoms with Gasteiger partial charge in [0.15, 0.2) is 0 Å². The molecular formula is C11H14N2O4S2. The van der Waals surface area contributed by atoms with E-state index >= 15 is 0 Å². The van der Waals surface area contributed by atoms with E-state index in [0.717, 1.165) is 0 Å². The van der Waals surface area contributed by atoms with Crippen LogP contribution in [0.3, 0.4) is 0 Å². The Morgan fingerprint density at radius 3 is 2.63 bits per heavy atom. The first-order valence-electron chi connectivity index (χ1n) is 5.32. The molecule has 0 bridgehead atoms. The fourth-order valence-corrected chi connectivity index (χ4v) is 2.55. The highest BCUT2D eigenvalue weighted by Crippen LogP contribution is 2.16. The number of methoxy groups -OCH3 is 1. The molecule has 0 aromatic heterocycles. The van der Waals surface area contributed by atoms with Gasteiger partial charge in [-0.25, -0.2) is 8.42 Å². The molecule has 8 heteroatoms. The summed E-state index contributed by atoms with van der Waals surface area (Å²) in [7, 11) is -2.46. The lowest BCUT2D eigenvalue weighted by Gasteiger charge is -2.11. The van der Waals surface area contributed by atoms with Crippen molar-refractivity contribution in [2.24, 2.45) is 5.73 Å². The number of esters is 1. The molecule has 0 aliphatic rings. The minimum atomic E-state index is -3.66. The van der Waals surface area contributed by atoms with Crippen LogP contribution in [0.1, 0.15) is 12.0 Å². The van der Waals surface area contributed by atoms with Crippen molar-refractivity contribution in [1.29, 1.82) is 0 Å². The van der Waals surface area contributed by atoms with Crippen LogP contribution in [0.5, 0.6) is 0 Å². The monoisotopic (exact) mass is 302 g/mol. The van der Waals surface area contributed by atoms with Gasteiger partial charge < -0.3 is 10.5 Å². The normalized spacial score (nSPS) is 10.8. The van der Waals surface area contributed by atoms with Crippen molar-refractivity contribution in [2.45, 2.75) is 6.42 Å². The molecule has 0 spiro atoms. The van der Waals surface area contributed by atoms with E-state index in [-0.39, 0.29) is 17.2 Å². The molecule has 0 radical (unpaired) electrons. The van der Waals surface area contributed by atoms with E-state index in [4.69, 9.17) is 18.0 Å². The predicted octanol–water partition coefficient (Wildman–Crippen LogP) is 0.626. The van der Waals surface area contributed by atoms with Crippen LogP contribution >= 0.6 is 12.2 Å². The van der Waals surface area contributed by atoms with Crippen molar-refractivity contribution in [3.8, 4) is 0 Å². The second-order valence-corrected chi connectivity index (χ2v) is 5.94. The summed E-state index contributed by atoms with van der Waals surface area (Å²) in [6.45, 7) is 0.